The minimum atomic E-state index is -5.05. The molecular formula is C16H20F3N3O4. The van der Waals surface area contributed by atoms with Gasteiger partial charge >= 0.3 is 18.2 Å². The number of benzene rings is 1. The van der Waals surface area contributed by atoms with E-state index in [9.17, 15) is 27.6 Å². The number of ether oxygens (including phenoxy) is 1. The van der Waals surface area contributed by atoms with Crippen molar-refractivity contribution in [3.8, 4) is 0 Å². The normalized spacial score (nSPS) is 11.5. The number of carbonyl (C=O) groups is 3. The van der Waals surface area contributed by atoms with Gasteiger partial charge in [-0.15, -0.1) is 0 Å². The molecule has 0 aliphatic carbocycles. The monoisotopic (exact) mass is 375 g/mol. The number of nitrogens with one attached hydrogen (secondary N) is 3. The summed E-state index contributed by atoms with van der Waals surface area (Å²) in [5.74, 6) is -2.71. The number of alkyl carbamates (subject to hydrolysis) is 1. The third-order valence-electron chi connectivity index (χ3n) is 2.73. The van der Waals surface area contributed by atoms with Crippen LogP contribution in [0.4, 0.5) is 29.3 Å². The fourth-order valence-electron chi connectivity index (χ4n) is 1.70. The van der Waals surface area contributed by atoms with Crippen LogP contribution in [0.1, 0.15) is 27.2 Å². The van der Waals surface area contributed by atoms with Crippen molar-refractivity contribution in [1.82, 2.24) is 5.32 Å². The van der Waals surface area contributed by atoms with E-state index in [1.807, 2.05) is 0 Å². The molecule has 0 bridgehead atoms. The summed E-state index contributed by atoms with van der Waals surface area (Å²) in [6.45, 7) is 5.03. The van der Waals surface area contributed by atoms with Gasteiger partial charge in [0.1, 0.15) is 5.60 Å². The lowest BCUT2D eigenvalue weighted by Gasteiger charge is -2.19. The van der Waals surface area contributed by atoms with Gasteiger partial charge in [0, 0.05) is 13.0 Å². The molecule has 0 fully saturated rings. The molecule has 0 saturated heterocycles. The van der Waals surface area contributed by atoms with Gasteiger partial charge in [-0.3, -0.25) is 9.59 Å². The predicted molar refractivity (Wildman–Crippen MR) is 88.6 cm³/mol. The molecule has 0 saturated carbocycles. The Hall–Kier alpha value is -2.78. The molecule has 1 aromatic rings. The lowest BCUT2D eigenvalue weighted by atomic mass is 10.2. The van der Waals surface area contributed by atoms with Crippen LogP contribution in [0.2, 0.25) is 0 Å². The average molecular weight is 375 g/mol. The summed E-state index contributed by atoms with van der Waals surface area (Å²) < 4.78 is 42.0. The lowest BCUT2D eigenvalue weighted by molar-refractivity contribution is -0.167. The van der Waals surface area contributed by atoms with Crippen molar-refractivity contribution in [3.63, 3.8) is 0 Å². The molecule has 7 nitrogen and oxygen atoms in total. The quantitative estimate of drug-likeness (QED) is 0.737. The number of anilines is 2. The number of amides is 3. The molecule has 26 heavy (non-hydrogen) atoms. The second-order valence-electron chi connectivity index (χ2n) is 6.22. The molecule has 0 aliphatic rings. The molecule has 144 valence electrons. The third-order valence-corrected chi connectivity index (χ3v) is 2.73. The molecule has 0 spiro atoms. The van der Waals surface area contributed by atoms with Crippen LogP contribution in [0.3, 0.4) is 0 Å². The first-order chi connectivity index (χ1) is 11.9. The fourth-order valence-corrected chi connectivity index (χ4v) is 1.70. The van der Waals surface area contributed by atoms with Crippen LogP contribution < -0.4 is 16.0 Å². The van der Waals surface area contributed by atoms with E-state index in [-0.39, 0.29) is 24.3 Å². The minimum Gasteiger partial charge on any atom is -0.444 e. The molecule has 0 aliphatic heterocycles. The summed E-state index contributed by atoms with van der Waals surface area (Å²) in [5.41, 5.74) is -0.863. The van der Waals surface area contributed by atoms with E-state index >= 15 is 0 Å². The highest BCUT2D eigenvalue weighted by molar-refractivity contribution is 6.01. The van der Waals surface area contributed by atoms with Crippen molar-refractivity contribution in [2.24, 2.45) is 0 Å². The van der Waals surface area contributed by atoms with E-state index in [4.69, 9.17) is 4.74 Å². The maximum atomic E-state index is 12.3. The smallest absolute Gasteiger partial charge is 0.444 e. The molecule has 0 atom stereocenters. The van der Waals surface area contributed by atoms with Gasteiger partial charge in [-0.1, -0.05) is 12.1 Å². The Balaban J connectivity index is 2.57. The predicted octanol–water partition coefficient (Wildman–Crippen LogP) is 3.04. The Morgan fingerprint density at radius 3 is 2.04 bits per heavy atom. The number of rotatable bonds is 5. The van der Waals surface area contributed by atoms with Crippen molar-refractivity contribution in [2.45, 2.75) is 39.0 Å². The van der Waals surface area contributed by atoms with E-state index in [0.29, 0.717) is 0 Å². The van der Waals surface area contributed by atoms with Crippen molar-refractivity contribution in [1.29, 1.82) is 0 Å². The van der Waals surface area contributed by atoms with Gasteiger partial charge in [-0.25, -0.2) is 4.79 Å². The Bertz CT molecular complexity index is 669. The Morgan fingerprint density at radius 2 is 1.54 bits per heavy atom. The zero-order valence-electron chi connectivity index (χ0n) is 14.5. The second-order valence-corrected chi connectivity index (χ2v) is 6.22. The molecule has 0 heterocycles. The van der Waals surface area contributed by atoms with Crippen molar-refractivity contribution in [2.75, 3.05) is 17.2 Å². The minimum absolute atomic E-state index is 0.00682. The summed E-state index contributed by atoms with van der Waals surface area (Å²) in [6, 6.07) is 5.45. The molecule has 1 aromatic carbocycles. The van der Waals surface area contributed by atoms with Gasteiger partial charge in [0.25, 0.3) is 0 Å². The molecular weight excluding hydrogens is 355 g/mol. The van der Waals surface area contributed by atoms with Crippen LogP contribution in [0.5, 0.6) is 0 Å². The van der Waals surface area contributed by atoms with Gasteiger partial charge < -0.3 is 20.7 Å². The van der Waals surface area contributed by atoms with Crippen LogP contribution >= 0.6 is 0 Å². The summed E-state index contributed by atoms with van der Waals surface area (Å²) in [6.07, 6.45) is -5.88. The molecule has 10 heteroatoms. The fraction of sp³-hybridized carbons (Fsp3) is 0.438. The van der Waals surface area contributed by atoms with Gasteiger partial charge in [0.05, 0.1) is 11.4 Å². The highest BCUT2D eigenvalue weighted by Crippen LogP contribution is 2.24. The van der Waals surface area contributed by atoms with Gasteiger partial charge in [0.15, 0.2) is 0 Å². The van der Waals surface area contributed by atoms with Crippen molar-refractivity contribution in [3.05, 3.63) is 24.3 Å². The zero-order chi connectivity index (χ0) is 20.0. The van der Waals surface area contributed by atoms with Crippen LogP contribution in [0.15, 0.2) is 24.3 Å². The van der Waals surface area contributed by atoms with Crippen molar-refractivity contribution >= 4 is 29.3 Å². The maximum absolute atomic E-state index is 12.3. The number of halogens is 3. The lowest BCUT2D eigenvalue weighted by Crippen LogP contribution is -2.34. The van der Waals surface area contributed by atoms with E-state index in [0.717, 1.165) is 0 Å². The second kappa shape index (κ2) is 8.54. The largest absolute Gasteiger partial charge is 0.471 e. The Kier molecular flexibility index (Phi) is 6.99. The number of alkyl halides is 3. The van der Waals surface area contributed by atoms with E-state index < -0.39 is 29.7 Å². The van der Waals surface area contributed by atoms with E-state index in [1.165, 1.54) is 24.3 Å². The van der Waals surface area contributed by atoms with Gasteiger partial charge in [-0.05, 0) is 32.9 Å². The summed E-state index contributed by atoms with van der Waals surface area (Å²) >= 11 is 0. The van der Waals surface area contributed by atoms with Gasteiger partial charge in [0.2, 0.25) is 5.91 Å². The van der Waals surface area contributed by atoms with Crippen LogP contribution in [0.25, 0.3) is 0 Å². The zero-order valence-corrected chi connectivity index (χ0v) is 14.5. The Morgan fingerprint density at radius 1 is 1.00 bits per heavy atom. The molecule has 0 aromatic heterocycles. The number of hydrogen-bond acceptors (Lipinski definition) is 4. The Labute approximate surface area is 148 Å². The van der Waals surface area contributed by atoms with Crippen LogP contribution in [-0.2, 0) is 14.3 Å². The van der Waals surface area contributed by atoms with Crippen LogP contribution in [0, 0.1) is 0 Å². The number of para-hydroxylation sites is 2. The highest BCUT2D eigenvalue weighted by atomic mass is 19.4. The number of carbonyl (C=O) groups excluding carboxylic acids is 3. The molecule has 1 rings (SSSR count). The first kappa shape index (κ1) is 21.3. The van der Waals surface area contributed by atoms with E-state index in [2.05, 4.69) is 10.6 Å². The van der Waals surface area contributed by atoms with Crippen molar-refractivity contribution < 1.29 is 32.3 Å². The molecule has 3 N–H and O–H groups in total. The van der Waals surface area contributed by atoms with Gasteiger partial charge in [-0.2, -0.15) is 13.2 Å². The summed E-state index contributed by atoms with van der Waals surface area (Å²) in [7, 11) is 0. The molecule has 0 unspecified atom stereocenters. The molecule has 3 amide bonds. The maximum Gasteiger partial charge on any atom is 0.471 e. The SMILES string of the molecule is CC(C)(C)OC(=O)NCCC(=O)Nc1ccccc1NC(=O)C(F)(F)F. The van der Waals surface area contributed by atoms with Crippen LogP contribution in [-0.4, -0.2) is 36.2 Å². The first-order valence-electron chi connectivity index (χ1n) is 7.62. The summed E-state index contributed by atoms with van der Waals surface area (Å²) in [4.78, 5) is 34.3. The summed E-state index contributed by atoms with van der Waals surface area (Å²) in [5, 5.41) is 6.45. The standard InChI is InChI=1S/C16H20F3N3O4/c1-15(2,3)26-14(25)20-9-8-12(23)21-10-6-4-5-7-11(10)22-13(24)16(17,18)19/h4-7H,8-9H2,1-3H3,(H,20,25)(H,21,23)(H,22,24). The molecule has 0 radical (unpaired) electrons. The number of hydrogen-bond donors (Lipinski definition) is 3. The van der Waals surface area contributed by atoms with E-state index in [1.54, 1.807) is 26.1 Å². The average Bonchev–Trinajstić information content (AvgIpc) is 2.46. The third kappa shape index (κ3) is 7.86. The first-order valence-corrected chi connectivity index (χ1v) is 7.62. The topological polar surface area (TPSA) is 96.5 Å². The highest BCUT2D eigenvalue weighted by Gasteiger charge is 2.39.